The van der Waals surface area contributed by atoms with E-state index in [0.29, 0.717) is 19.0 Å². The number of nitrogens with one attached hydrogen (secondary N) is 2. The van der Waals surface area contributed by atoms with Crippen molar-refractivity contribution in [3.8, 4) is 5.75 Å². The highest BCUT2D eigenvalue weighted by atomic mass is 16.5. The van der Waals surface area contributed by atoms with Crippen LogP contribution in [0.1, 0.15) is 31.2 Å². The number of hydrogen-bond donors (Lipinski definition) is 2. The van der Waals surface area contributed by atoms with Crippen molar-refractivity contribution in [3.63, 3.8) is 0 Å². The fourth-order valence-electron chi connectivity index (χ4n) is 4.39. The zero-order valence-electron chi connectivity index (χ0n) is 18.3. The lowest BCUT2D eigenvalue weighted by Crippen LogP contribution is -2.38. The number of anilines is 2. The summed E-state index contributed by atoms with van der Waals surface area (Å²) in [5, 5.41) is 6.02. The van der Waals surface area contributed by atoms with Crippen LogP contribution < -0.4 is 25.2 Å². The van der Waals surface area contributed by atoms with Gasteiger partial charge in [-0.15, -0.1) is 0 Å². The maximum absolute atomic E-state index is 12.3. The van der Waals surface area contributed by atoms with Crippen LogP contribution in [0.2, 0.25) is 0 Å². The molecule has 3 heterocycles. The Balaban J connectivity index is 1.20. The quantitative estimate of drug-likeness (QED) is 0.714. The van der Waals surface area contributed by atoms with Crippen LogP contribution in [0.15, 0.2) is 42.6 Å². The van der Waals surface area contributed by atoms with E-state index in [0.717, 1.165) is 49.7 Å². The SMILES string of the molecule is COc1cccc(N2CCC(CNC(=O)NCc3ccnc(N4CCCCC4)c3)C2)c1. The van der Waals surface area contributed by atoms with Gasteiger partial charge >= 0.3 is 6.03 Å². The predicted octanol–water partition coefficient (Wildman–Crippen LogP) is 3.41. The average molecular weight is 424 g/mol. The summed E-state index contributed by atoms with van der Waals surface area (Å²) >= 11 is 0. The normalized spacial score (nSPS) is 18.7. The van der Waals surface area contributed by atoms with Gasteiger partial charge in [0.15, 0.2) is 0 Å². The van der Waals surface area contributed by atoms with Gasteiger partial charge in [-0.05, 0) is 61.4 Å². The third-order valence-electron chi connectivity index (χ3n) is 6.20. The van der Waals surface area contributed by atoms with E-state index in [1.54, 1.807) is 7.11 Å². The van der Waals surface area contributed by atoms with Gasteiger partial charge in [0.05, 0.1) is 7.11 Å². The van der Waals surface area contributed by atoms with Crippen molar-refractivity contribution in [2.24, 2.45) is 5.92 Å². The monoisotopic (exact) mass is 423 g/mol. The molecule has 2 N–H and O–H groups in total. The second kappa shape index (κ2) is 10.4. The van der Waals surface area contributed by atoms with Crippen molar-refractivity contribution >= 4 is 17.5 Å². The number of benzene rings is 1. The number of carbonyl (C=O) groups excluding carboxylic acids is 1. The molecule has 2 aromatic rings. The number of carbonyl (C=O) groups is 1. The van der Waals surface area contributed by atoms with E-state index in [-0.39, 0.29) is 6.03 Å². The smallest absolute Gasteiger partial charge is 0.315 e. The largest absolute Gasteiger partial charge is 0.497 e. The van der Waals surface area contributed by atoms with Gasteiger partial charge in [-0.2, -0.15) is 0 Å². The molecule has 0 spiro atoms. The van der Waals surface area contributed by atoms with Crippen molar-refractivity contribution in [1.82, 2.24) is 15.6 Å². The minimum atomic E-state index is -0.115. The standard InChI is InChI=1S/C24H33N5O2/c1-31-22-7-5-6-21(15-22)29-13-9-20(18-29)17-27-24(30)26-16-19-8-10-25-23(14-19)28-11-3-2-4-12-28/h5-8,10,14-15,20H,2-4,9,11-13,16-18H2,1H3,(H2,26,27,30). The second-order valence-corrected chi connectivity index (χ2v) is 8.44. The summed E-state index contributed by atoms with van der Waals surface area (Å²) < 4.78 is 5.33. The number of hydrogen-bond acceptors (Lipinski definition) is 5. The molecule has 1 aromatic carbocycles. The van der Waals surface area contributed by atoms with Crippen LogP contribution in [0, 0.1) is 5.92 Å². The highest BCUT2D eigenvalue weighted by Crippen LogP contribution is 2.26. The molecule has 7 heteroatoms. The molecule has 2 fully saturated rings. The van der Waals surface area contributed by atoms with Gasteiger partial charge in [-0.1, -0.05) is 6.07 Å². The molecule has 1 unspecified atom stereocenters. The number of urea groups is 1. The molecule has 0 aliphatic carbocycles. The summed E-state index contributed by atoms with van der Waals surface area (Å²) in [5.74, 6) is 2.34. The molecule has 1 aromatic heterocycles. The van der Waals surface area contributed by atoms with Gasteiger partial charge in [0, 0.05) is 57.2 Å². The lowest BCUT2D eigenvalue weighted by atomic mass is 10.1. The first-order valence-corrected chi connectivity index (χ1v) is 11.3. The number of nitrogens with zero attached hydrogens (tertiary/aromatic N) is 3. The van der Waals surface area contributed by atoms with E-state index in [4.69, 9.17) is 4.74 Å². The molecule has 4 rings (SSSR count). The number of methoxy groups -OCH3 is 1. The van der Waals surface area contributed by atoms with Crippen molar-refractivity contribution in [2.75, 3.05) is 49.6 Å². The number of amides is 2. The summed E-state index contributed by atoms with van der Waals surface area (Å²) in [7, 11) is 1.69. The molecule has 0 saturated carbocycles. The first-order valence-electron chi connectivity index (χ1n) is 11.3. The molecule has 1 atom stereocenters. The summed E-state index contributed by atoms with van der Waals surface area (Å²) in [6.07, 6.45) is 6.66. The zero-order chi connectivity index (χ0) is 21.5. The molecule has 7 nitrogen and oxygen atoms in total. The Kier molecular flexibility index (Phi) is 7.12. The van der Waals surface area contributed by atoms with Crippen molar-refractivity contribution < 1.29 is 9.53 Å². The Morgan fingerprint density at radius 3 is 2.81 bits per heavy atom. The molecule has 2 amide bonds. The first-order chi connectivity index (χ1) is 15.2. The maximum Gasteiger partial charge on any atom is 0.315 e. The van der Waals surface area contributed by atoms with Crippen LogP contribution in [-0.4, -0.2) is 50.8 Å². The van der Waals surface area contributed by atoms with Gasteiger partial charge in [0.2, 0.25) is 0 Å². The number of pyridine rings is 1. The molecule has 2 aliphatic heterocycles. The van der Waals surface area contributed by atoms with Crippen LogP contribution in [0.25, 0.3) is 0 Å². The number of ether oxygens (including phenoxy) is 1. The van der Waals surface area contributed by atoms with Crippen LogP contribution in [0.3, 0.4) is 0 Å². The molecule has 2 saturated heterocycles. The van der Waals surface area contributed by atoms with E-state index >= 15 is 0 Å². The van der Waals surface area contributed by atoms with Gasteiger partial charge in [0.1, 0.15) is 11.6 Å². The highest BCUT2D eigenvalue weighted by Gasteiger charge is 2.23. The summed E-state index contributed by atoms with van der Waals surface area (Å²) in [6.45, 7) is 5.27. The topological polar surface area (TPSA) is 69.7 Å². The summed E-state index contributed by atoms with van der Waals surface area (Å²) in [5.41, 5.74) is 2.25. The van der Waals surface area contributed by atoms with E-state index < -0.39 is 0 Å². The van der Waals surface area contributed by atoms with Crippen LogP contribution >= 0.6 is 0 Å². The Labute approximate surface area is 184 Å². The minimum absolute atomic E-state index is 0.115. The van der Waals surface area contributed by atoms with Crippen molar-refractivity contribution in [2.45, 2.75) is 32.2 Å². The Bertz CT molecular complexity index is 869. The molecule has 0 bridgehead atoms. The zero-order valence-corrected chi connectivity index (χ0v) is 18.3. The third-order valence-corrected chi connectivity index (χ3v) is 6.20. The molecule has 31 heavy (non-hydrogen) atoms. The van der Waals surface area contributed by atoms with E-state index in [1.165, 1.54) is 24.9 Å². The second-order valence-electron chi connectivity index (χ2n) is 8.44. The van der Waals surface area contributed by atoms with E-state index in [9.17, 15) is 4.79 Å². The number of aromatic nitrogens is 1. The Morgan fingerprint density at radius 1 is 1.10 bits per heavy atom. The van der Waals surface area contributed by atoms with Gasteiger partial charge in [0.25, 0.3) is 0 Å². The van der Waals surface area contributed by atoms with Gasteiger partial charge in [-0.25, -0.2) is 9.78 Å². The first kappa shape index (κ1) is 21.3. The van der Waals surface area contributed by atoms with Crippen molar-refractivity contribution in [1.29, 1.82) is 0 Å². The Morgan fingerprint density at radius 2 is 1.97 bits per heavy atom. The van der Waals surface area contributed by atoms with Crippen LogP contribution in [0.4, 0.5) is 16.3 Å². The number of piperidine rings is 1. The molecule has 166 valence electrons. The molecule has 2 aliphatic rings. The van der Waals surface area contributed by atoms with Crippen LogP contribution in [0.5, 0.6) is 5.75 Å². The maximum atomic E-state index is 12.3. The van der Waals surface area contributed by atoms with Crippen LogP contribution in [-0.2, 0) is 6.54 Å². The summed E-state index contributed by atoms with van der Waals surface area (Å²) in [4.78, 5) is 21.5. The molecular weight excluding hydrogens is 390 g/mol. The lowest BCUT2D eigenvalue weighted by molar-refractivity contribution is 0.239. The van der Waals surface area contributed by atoms with Gasteiger partial charge < -0.3 is 25.2 Å². The fraction of sp³-hybridized carbons (Fsp3) is 0.500. The summed E-state index contributed by atoms with van der Waals surface area (Å²) in [6, 6.07) is 12.1. The number of rotatable bonds is 7. The highest BCUT2D eigenvalue weighted by molar-refractivity contribution is 5.73. The minimum Gasteiger partial charge on any atom is -0.497 e. The van der Waals surface area contributed by atoms with E-state index in [2.05, 4.69) is 43.6 Å². The molecule has 0 radical (unpaired) electrons. The third kappa shape index (κ3) is 5.81. The lowest BCUT2D eigenvalue weighted by Gasteiger charge is -2.27. The fourth-order valence-corrected chi connectivity index (χ4v) is 4.39. The Hall–Kier alpha value is -2.96. The van der Waals surface area contributed by atoms with E-state index in [1.807, 2.05) is 24.4 Å². The average Bonchev–Trinajstić information content (AvgIpc) is 3.31. The van der Waals surface area contributed by atoms with Gasteiger partial charge in [-0.3, -0.25) is 0 Å². The predicted molar refractivity (Wildman–Crippen MR) is 124 cm³/mol. The molecular formula is C24H33N5O2. The van der Waals surface area contributed by atoms with Crippen molar-refractivity contribution in [3.05, 3.63) is 48.2 Å².